The van der Waals surface area contributed by atoms with Crippen LogP contribution in [0.3, 0.4) is 0 Å². The fourth-order valence-electron chi connectivity index (χ4n) is 4.84. The van der Waals surface area contributed by atoms with Crippen LogP contribution in [-0.4, -0.2) is 54.6 Å². The Labute approximate surface area is 214 Å². The molecule has 6 nitrogen and oxygen atoms in total. The third-order valence-electron chi connectivity index (χ3n) is 6.70. The van der Waals surface area contributed by atoms with Crippen LogP contribution >= 0.6 is 0 Å². The van der Waals surface area contributed by atoms with Crippen LogP contribution in [0.2, 0.25) is 0 Å². The molecule has 36 heavy (non-hydrogen) atoms. The number of nitrogens with one attached hydrogen (secondary N) is 1. The second-order valence-corrected chi connectivity index (χ2v) is 10.7. The average Bonchev–Trinajstić information content (AvgIpc) is 2.84. The van der Waals surface area contributed by atoms with Crippen molar-refractivity contribution in [3.63, 3.8) is 0 Å². The number of quaternary nitrogens is 1. The molecule has 0 radical (unpaired) electrons. The maximum Gasteiger partial charge on any atom is 0.362 e. The number of amidine groups is 1. The highest BCUT2D eigenvalue weighted by Crippen LogP contribution is 2.27. The zero-order chi connectivity index (χ0) is 25.8. The number of nitrogens with zero attached hydrogens (tertiary/aromatic N) is 2. The Hall–Kier alpha value is -3.64. The van der Waals surface area contributed by atoms with Crippen molar-refractivity contribution in [1.29, 1.82) is 5.41 Å². The van der Waals surface area contributed by atoms with Gasteiger partial charge in [-0.2, -0.15) is 0 Å². The van der Waals surface area contributed by atoms with Gasteiger partial charge in [-0.25, -0.2) is 4.79 Å². The summed E-state index contributed by atoms with van der Waals surface area (Å²) < 4.78 is 6.41. The van der Waals surface area contributed by atoms with Gasteiger partial charge in [-0.1, -0.05) is 66.7 Å². The predicted molar refractivity (Wildman–Crippen MR) is 146 cm³/mol. The number of hydrogen-bond acceptors (Lipinski definition) is 4. The molecule has 1 aliphatic rings. The number of piperazine rings is 1. The molecule has 0 atom stereocenters. The van der Waals surface area contributed by atoms with Gasteiger partial charge in [0, 0.05) is 16.8 Å². The minimum Gasteiger partial charge on any atom is -0.456 e. The zero-order valence-corrected chi connectivity index (χ0v) is 21.5. The number of esters is 1. The van der Waals surface area contributed by atoms with Crippen molar-refractivity contribution in [3.05, 3.63) is 90.0 Å². The number of carbonyl (C=O) groups is 1. The molecule has 3 aromatic rings. The number of rotatable bonds is 7. The molecule has 0 aliphatic carbocycles. The van der Waals surface area contributed by atoms with Gasteiger partial charge in [-0.05, 0) is 44.0 Å². The minimum atomic E-state index is -0.482. The Bertz CT molecular complexity index is 1170. The quantitative estimate of drug-likeness (QED) is 0.218. The summed E-state index contributed by atoms with van der Waals surface area (Å²) in [5.41, 5.74) is 10.5. The number of benzene rings is 3. The van der Waals surface area contributed by atoms with Gasteiger partial charge in [0.15, 0.2) is 6.54 Å². The van der Waals surface area contributed by atoms with E-state index < -0.39 is 5.60 Å². The van der Waals surface area contributed by atoms with Crippen LogP contribution in [0.15, 0.2) is 78.9 Å². The predicted octanol–water partition coefficient (Wildman–Crippen LogP) is 4.82. The first kappa shape index (κ1) is 25.5. The fourth-order valence-corrected chi connectivity index (χ4v) is 4.84. The van der Waals surface area contributed by atoms with E-state index in [-0.39, 0.29) is 11.8 Å². The first-order chi connectivity index (χ1) is 17.1. The van der Waals surface area contributed by atoms with E-state index >= 15 is 0 Å². The molecule has 4 rings (SSSR count). The minimum absolute atomic E-state index is 0.0791. The summed E-state index contributed by atoms with van der Waals surface area (Å²) in [6, 6.07) is 26.8. The molecular formula is C30H37N4O2+. The molecule has 0 unspecified atom stereocenters. The molecule has 1 aliphatic heterocycles. The van der Waals surface area contributed by atoms with Gasteiger partial charge >= 0.3 is 5.97 Å². The second kappa shape index (κ2) is 10.5. The van der Waals surface area contributed by atoms with Crippen molar-refractivity contribution in [2.24, 2.45) is 5.73 Å². The number of carbonyl (C=O) groups excluding carboxylic acids is 1. The molecule has 0 spiro atoms. The van der Waals surface area contributed by atoms with Gasteiger partial charge < -0.3 is 19.9 Å². The molecule has 3 N–H and O–H groups in total. The normalized spacial score (nSPS) is 15.4. The van der Waals surface area contributed by atoms with Crippen molar-refractivity contribution in [3.8, 4) is 11.1 Å². The van der Waals surface area contributed by atoms with E-state index in [2.05, 4.69) is 53.4 Å². The molecule has 6 heteroatoms. The van der Waals surface area contributed by atoms with Gasteiger partial charge in [0.05, 0.1) is 26.2 Å². The highest BCUT2D eigenvalue weighted by atomic mass is 16.6. The lowest BCUT2D eigenvalue weighted by atomic mass is 10.0. The maximum absolute atomic E-state index is 12.8. The molecule has 0 aromatic heterocycles. The summed E-state index contributed by atoms with van der Waals surface area (Å²) >= 11 is 0. The number of hydrogen-bond donors (Lipinski definition) is 2. The number of nitrogens with two attached hydrogens (primary N) is 1. The average molecular weight is 486 g/mol. The molecule has 188 valence electrons. The third kappa shape index (κ3) is 6.52. The molecule has 0 bridgehead atoms. The van der Waals surface area contributed by atoms with Gasteiger partial charge in [0.2, 0.25) is 0 Å². The van der Waals surface area contributed by atoms with Gasteiger partial charge in [-0.3, -0.25) is 5.41 Å². The van der Waals surface area contributed by atoms with E-state index in [1.165, 1.54) is 11.3 Å². The SMILES string of the molecule is CC(C)(C)OC(=O)C[N+]1(Cc2ccccc2)CCN(c2ccc(-c3ccc(C(=N)N)cc3)cc2)CC1. The van der Waals surface area contributed by atoms with E-state index in [1.54, 1.807) is 0 Å². The summed E-state index contributed by atoms with van der Waals surface area (Å²) in [5, 5.41) is 7.56. The lowest BCUT2D eigenvalue weighted by Crippen LogP contribution is -2.61. The monoisotopic (exact) mass is 485 g/mol. The van der Waals surface area contributed by atoms with Crippen molar-refractivity contribution >= 4 is 17.5 Å². The first-order valence-electron chi connectivity index (χ1n) is 12.5. The summed E-state index contributed by atoms with van der Waals surface area (Å²) in [6.07, 6.45) is 0. The highest BCUT2D eigenvalue weighted by molar-refractivity contribution is 5.95. The molecule has 0 saturated carbocycles. The van der Waals surface area contributed by atoms with E-state index in [0.29, 0.717) is 11.0 Å². The Morgan fingerprint density at radius 1 is 0.917 bits per heavy atom. The lowest BCUT2D eigenvalue weighted by molar-refractivity contribution is -0.934. The second-order valence-electron chi connectivity index (χ2n) is 10.7. The Morgan fingerprint density at radius 2 is 1.47 bits per heavy atom. The van der Waals surface area contributed by atoms with Crippen LogP contribution in [0.5, 0.6) is 0 Å². The molecule has 1 heterocycles. The molecule has 1 fully saturated rings. The summed E-state index contributed by atoms with van der Waals surface area (Å²) in [7, 11) is 0. The van der Waals surface area contributed by atoms with E-state index in [0.717, 1.165) is 49.4 Å². The number of anilines is 1. The Kier molecular flexibility index (Phi) is 7.45. The fraction of sp³-hybridized carbons (Fsp3) is 0.333. The lowest BCUT2D eigenvalue weighted by Gasteiger charge is -2.45. The Balaban J connectivity index is 1.45. The maximum atomic E-state index is 12.8. The molecule has 1 saturated heterocycles. The van der Waals surface area contributed by atoms with Gasteiger partial charge in [0.25, 0.3) is 0 Å². The van der Waals surface area contributed by atoms with Crippen molar-refractivity contribution < 1.29 is 14.0 Å². The zero-order valence-electron chi connectivity index (χ0n) is 21.5. The van der Waals surface area contributed by atoms with E-state index in [1.807, 2.05) is 51.1 Å². The largest absolute Gasteiger partial charge is 0.456 e. The van der Waals surface area contributed by atoms with Crippen LogP contribution in [0.1, 0.15) is 31.9 Å². The van der Waals surface area contributed by atoms with Crippen molar-refractivity contribution in [2.75, 3.05) is 37.6 Å². The molecule has 0 amide bonds. The van der Waals surface area contributed by atoms with Crippen LogP contribution in [-0.2, 0) is 16.1 Å². The van der Waals surface area contributed by atoms with Crippen LogP contribution < -0.4 is 10.6 Å². The van der Waals surface area contributed by atoms with E-state index in [4.69, 9.17) is 15.9 Å². The molecule has 3 aromatic carbocycles. The van der Waals surface area contributed by atoms with Crippen molar-refractivity contribution in [2.45, 2.75) is 32.9 Å². The third-order valence-corrected chi connectivity index (χ3v) is 6.70. The summed E-state index contributed by atoms with van der Waals surface area (Å²) in [6.45, 7) is 10.5. The summed E-state index contributed by atoms with van der Waals surface area (Å²) in [4.78, 5) is 15.2. The standard InChI is InChI=1S/C30H37N4O2/c1-30(2,3)36-28(35)22-34(21-23-7-5-4-6-8-23)19-17-33(18-20-34)27-15-13-25(14-16-27)24-9-11-26(12-10-24)29(31)32/h4-16H,17-22H2,1-3H3,(H3,31,32)/q+1. The van der Waals surface area contributed by atoms with Crippen LogP contribution in [0, 0.1) is 5.41 Å². The number of nitrogen functional groups attached to an aromatic ring is 1. The topological polar surface area (TPSA) is 79.4 Å². The summed E-state index contributed by atoms with van der Waals surface area (Å²) in [5.74, 6) is -0.0533. The first-order valence-corrected chi connectivity index (χ1v) is 12.5. The smallest absolute Gasteiger partial charge is 0.362 e. The van der Waals surface area contributed by atoms with Crippen LogP contribution in [0.4, 0.5) is 5.69 Å². The van der Waals surface area contributed by atoms with Gasteiger partial charge in [0.1, 0.15) is 18.0 Å². The molecular weight excluding hydrogens is 448 g/mol. The van der Waals surface area contributed by atoms with Crippen molar-refractivity contribution in [1.82, 2.24) is 0 Å². The number of ether oxygens (including phenoxy) is 1. The van der Waals surface area contributed by atoms with Gasteiger partial charge in [-0.15, -0.1) is 0 Å². The van der Waals surface area contributed by atoms with E-state index in [9.17, 15) is 4.79 Å². The highest BCUT2D eigenvalue weighted by Gasteiger charge is 2.37. The Morgan fingerprint density at radius 3 is 2.00 bits per heavy atom. The van der Waals surface area contributed by atoms with Crippen LogP contribution in [0.25, 0.3) is 11.1 Å².